The Kier molecular flexibility index (Phi) is 3.38. The van der Waals surface area contributed by atoms with Gasteiger partial charge in [0.2, 0.25) is 0 Å². The second kappa shape index (κ2) is 5.17. The van der Waals surface area contributed by atoms with E-state index in [1.54, 1.807) is 0 Å². The summed E-state index contributed by atoms with van der Waals surface area (Å²) >= 11 is 0. The first-order valence-electron chi connectivity index (χ1n) is 7.05. The maximum Gasteiger partial charge on any atom is 0.176 e. The molecule has 1 fully saturated rings. The third-order valence-corrected chi connectivity index (χ3v) is 4.12. The Morgan fingerprint density at radius 1 is 1.32 bits per heavy atom. The number of nitrogens with zero attached hydrogens (tertiary/aromatic N) is 1. The van der Waals surface area contributed by atoms with E-state index in [1.165, 1.54) is 12.8 Å². The summed E-state index contributed by atoms with van der Waals surface area (Å²) in [5, 5.41) is 1.16. The van der Waals surface area contributed by atoms with Crippen LogP contribution in [-0.4, -0.2) is 35.3 Å². The molecule has 0 amide bonds. The molecular formula is C16H20N2O. The Bertz CT molecular complexity index is 579. The van der Waals surface area contributed by atoms with Gasteiger partial charge < -0.3 is 4.98 Å². The van der Waals surface area contributed by atoms with Gasteiger partial charge in [-0.2, -0.15) is 0 Å². The van der Waals surface area contributed by atoms with Gasteiger partial charge in [-0.05, 0) is 49.4 Å². The van der Waals surface area contributed by atoms with Crippen molar-refractivity contribution in [1.82, 2.24) is 9.88 Å². The van der Waals surface area contributed by atoms with Crippen LogP contribution in [0, 0.1) is 5.92 Å². The van der Waals surface area contributed by atoms with Crippen LogP contribution in [0.25, 0.3) is 10.9 Å². The van der Waals surface area contributed by atoms with E-state index in [2.05, 4.69) is 16.8 Å². The van der Waals surface area contributed by atoms with Gasteiger partial charge in [0.1, 0.15) is 0 Å². The number of rotatable bonds is 3. The van der Waals surface area contributed by atoms with Crippen LogP contribution in [-0.2, 0) is 0 Å². The lowest BCUT2D eigenvalue weighted by Gasteiger charge is -2.29. The number of carbonyl (C=O) groups excluding carboxylic acids is 1. The molecule has 19 heavy (non-hydrogen) atoms. The van der Waals surface area contributed by atoms with Gasteiger partial charge in [-0.1, -0.05) is 19.1 Å². The van der Waals surface area contributed by atoms with Gasteiger partial charge in [-0.15, -0.1) is 0 Å². The molecule has 1 aliphatic rings. The number of Topliss-reactive ketones (excluding diaryl/α,β-unsaturated/α-hetero) is 1. The Balaban J connectivity index is 1.69. The molecule has 3 rings (SSSR count). The number of fused-ring (bicyclic) bond motifs is 1. The second-order valence-corrected chi connectivity index (χ2v) is 5.66. The molecular weight excluding hydrogens is 236 g/mol. The van der Waals surface area contributed by atoms with E-state index < -0.39 is 0 Å². The number of nitrogens with one attached hydrogen (secondary N) is 1. The molecule has 2 aromatic rings. The number of piperidine rings is 1. The van der Waals surface area contributed by atoms with Gasteiger partial charge in [-0.25, -0.2) is 0 Å². The van der Waals surface area contributed by atoms with Gasteiger partial charge in [0.25, 0.3) is 0 Å². The van der Waals surface area contributed by atoms with Crippen LogP contribution in [0.2, 0.25) is 0 Å². The quantitative estimate of drug-likeness (QED) is 0.857. The van der Waals surface area contributed by atoms with E-state index in [0.717, 1.165) is 35.5 Å². The summed E-state index contributed by atoms with van der Waals surface area (Å²) < 4.78 is 0. The maximum atomic E-state index is 12.3. The van der Waals surface area contributed by atoms with Gasteiger partial charge in [0.05, 0.1) is 6.54 Å². The Morgan fingerprint density at radius 3 is 2.89 bits per heavy atom. The normalized spacial score (nSPS) is 17.9. The summed E-state index contributed by atoms with van der Waals surface area (Å²) in [4.78, 5) is 17.7. The lowest BCUT2D eigenvalue weighted by molar-refractivity contribution is 0.0900. The molecule has 0 saturated carbocycles. The topological polar surface area (TPSA) is 36.1 Å². The number of aromatic amines is 1. The zero-order chi connectivity index (χ0) is 13.2. The van der Waals surface area contributed by atoms with Crippen molar-refractivity contribution in [1.29, 1.82) is 0 Å². The average Bonchev–Trinajstić information content (AvgIpc) is 2.88. The van der Waals surface area contributed by atoms with Crippen LogP contribution in [0.5, 0.6) is 0 Å². The second-order valence-electron chi connectivity index (χ2n) is 5.66. The van der Waals surface area contributed by atoms with Crippen molar-refractivity contribution >= 4 is 16.7 Å². The smallest absolute Gasteiger partial charge is 0.176 e. The molecule has 3 nitrogen and oxygen atoms in total. The summed E-state index contributed by atoms with van der Waals surface area (Å²) in [7, 11) is 0. The Hall–Kier alpha value is -1.61. The maximum absolute atomic E-state index is 12.3. The van der Waals surface area contributed by atoms with Crippen molar-refractivity contribution < 1.29 is 4.79 Å². The van der Waals surface area contributed by atoms with Crippen molar-refractivity contribution in [3.8, 4) is 0 Å². The van der Waals surface area contributed by atoms with Gasteiger partial charge in [0, 0.05) is 17.3 Å². The summed E-state index contributed by atoms with van der Waals surface area (Å²) in [5.41, 5.74) is 1.85. The first-order chi connectivity index (χ1) is 9.22. The highest BCUT2D eigenvalue weighted by Gasteiger charge is 2.18. The predicted molar refractivity (Wildman–Crippen MR) is 77.5 cm³/mol. The Morgan fingerprint density at radius 2 is 2.11 bits per heavy atom. The van der Waals surface area contributed by atoms with Crippen molar-refractivity contribution in [2.75, 3.05) is 19.6 Å². The minimum atomic E-state index is 0.228. The average molecular weight is 256 g/mol. The summed E-state index contributed by atoms with van der Waals surface area (Å²) in [6.07, 6.45) is 4.33. The standard InChI is InChI=1S/C16H20N2O/c1-12-5-8-18(9-6-12)11-16(19)14-3-2-13-4-7-17-15(13)10-14/h2-4,7,10,12,17H,5-6,8-9,11H2,1H3. The van der Waals surface area contributed by atoms with Gasteiger partial charge in [-0.3, -0.25) is 9.69 Å². The molecule has 0 aliphatic carbocycles. The molecule has 1 aromatic heterocycles. The van der Waals surface area contributed by atoms with Crippen molar-refractivity contribution in [3.63, 3.8) is 0 Å². The van der Waals surface area contributed by atoms with Crippen LogP contribution in [0.15, 0.2) is 30.5 Å². The zero-order valence-corrected chi connectivity index (χ0v) is 11.4. The number of carbonyl (C=O) groups is 1. The molecule has 0 atom stereocenters. The lowest BCUT2D eigenvalue weighted by Crippen LogP contribution is -2.36. The summed E-state index contributed by atoms with van der Waals surface area (Å²) in [6.45, 7) is 4.95. The highest BCUT2D eigenvalue weighted by molar-refractivity contribution is 6.00. The zero-order valence-electron chi connectivity index (χ0n) is 11.4. The summed E-state index contributed by atoms with van der Waals surface area (Å²) in [5.74, 6) is 1.03. The first-order valence-corrected chi connectivity index (χ1v) is 7.05. The van der Waals surface area contributed by atoms with Crippen molar-refractivity contribution in [2.24, 2.45) is 5.92 Å². The highest BCUT2D eigenvalue weighted by atomic mass is 16.1. The van der Waals surface area contributed by atoms with Gasteiger partial charge in [0.15, 0.2) is 5.78 Å². The number of ketones is 1. The molecule has 1 aromatic carbocycles. The minimum Gasteiger partial charge on any atom is -0.361 e. The molecule has 3 heteroatoms. The molecule has 0 spiro atoms. The fourth-order valence-electron chi connectivity index (χ4n) is 2.74. The Labute approximate surface area is 113 Å². The molecule has 0 bridgehead atoms. The number of hydrogen-bond acceptors (Lipinski definition) is 2. The molecule has 0 radical (unpaired) electrons. The lowest BCUT2D eigenvalue weighted by atomic mass is 9.98. The van der Waals surface area contributed by atoms with Crippen LogP contribution < -0.4 is 0 Å². The predicted octanol–water partition coefficient (Wildman–Crippen LogP) is 3.08. The summed E-state index contributed by atoms with van der Waals surface area (Å²) in [6, 6.07) is 7.93. The minimum absolute atomic E-state index is 0.228. The van der Waals surface area contributed by atoms with Crippen molar-refractivity contribution in [3.05, 3.63) is 36.0 Å². The highest BCUT2D eigenvalue weighted by Crippen LogP contribution is 2.18. The van der Waals surface area contributed by atoms with Crippen molar-refractivity contribution in [2.45, 2.75) is 19.8 Å². The molecule has 0 unspecified atom stereocenters. The molecule has 1 saturated heterocycles. The first kappa shape index (κ1) is 12.4. The van der Waals surface area contributed by atoms with E-state index in [1.807, 2.05) is 30.5 Å². The van der Waals surface area contributed by atoms with E-state index in [4.69, 9.17) is 0 Å². The number of likely N-dealkylation sites (tertiary alicyclic amines) is 1. The van der Waals surface area contributed by atoms with Gasteiger partial charge >= 0.3 is 0 Å². The molecule has 1 aliphatic heterocycles. The molecule has 1 N–H and O–H groups in total. The largest absolute Gasteiger partial charge is 0.361 e. The fraction of sp³-hybridized carbons (Fsp3) is 0.438. The van der Waals surface area contributed by atoms with Crippen LogP contribution in [0.3, 0.4) is 0 Å². The monoisotopic (exact) mass is 256 g/mol. The number of aromatic nitrogens is 1. The van der Waals surface area contributed by atoms with E-state index in [0.29, 0.717) is 6.54 Å². The van der Waals surface area contributed by atoms with E-state index in [9.17, 15) is 4.79 Å². The number of benzene rings is 1. The molecule has 2 heterocycles. The SMILES string of the molecule is CC1CCN(CC(=O)c2ccc3cc[nH]c3c2)CC1. The van der Waals surface area contributed by atoms with E-state index >= 15 is 0 Å². The van der Waals surface area contributed by atoms with Crippen LogP contribution in [0.1, 0.15) is 30.1 Å². The molecule has 100 valence electrons. The number of hydrogen-bond donors (Lipinski definition) is 1. The van der Waals surface area contributed by atoms with Crippen LogP contribution >= 0.6 is 0 Å². The number of H-pyrrole nitrogens is 1. The van der Waals surface area contributed by atoms with E-state index in [-0.39, 0.29) is 5.78 Å². The fourth-order valence-corrected chi connectivity index (χ4v) is 2.74. The third kappa shape index (κ3) is 2.71. The third-order valence-electron chi connectivity index (χ3n) is 4.12. The van der Waals surface area contributed by atoms with Crippen LogP contribution in [0.4, 0.5) is 0 Å².